The Morgan fingerprint density at radius 3 is 2.28 bits per heavy atom. The van der Waals surface area contributed by atoms with Crippen molar-refractivity contribution in [3.05, 3.63) is 64.7 Å². The fourth-order valence-corrected chi connectivity index (χ4v) is 2.95. The second-order valence-corrected chi connectivity index (χ2v) is 6.60. The Hall–Kier alpha value is -2.24. The topological polar surface area (TPSA) is 21.3 Å². The molecule has 0 saturated carbocycles. The Labute approximate surface area is 152 Å². The normalized spacial score (nSPS) is 10.4. The van der Waals surface area contributed by atoms with Crippen LogP contribution in [0.1, 0.15) is 47.9 Å². The first kappa shape index (κ1) is 19.1. The summed E-state index contributed by atoms with van der Waals surface area (Å²) in [6.07, 6.45) is 10.1. The van der Waals surface area contributed by atoms with Gasteiger partial charge in [0.25, 0.3) is 0 Å². The largest absolute Gasteiger partial charge is 0.494 e. The van der Waals surface area contributed by atoms with Crippen molar-refractivity contribution >= 4 is 0 Å². The van der Waals surface area contributed by atoms with Crippen LogP contribution in [0.5, 0.6) is 5.75 Å². The third kappa shape index (κ3) is 7.45. The predicted molar refractivity (Wildman–Crippen MR) is 106 cm³/mol. The molecule has 0 fully saturated rings. The Kier molecular flexibility index (Phi) is 8.09. The first-order valence-corrected chi connectivity index (χ1v) is 9.15. The van der Waals surface area contributed by atoms with Crippen molar-refractivity contribution in [2.24, 2.45) is 0 Å². The number of benzene rings is 2. The summed E-state index contributed by atoms with van der Waals surface area (Å²) in [7, 11) is 0. The molecule has 2 heteroatoms. The Morgan fingerprint density at radius 2 is 1.60 bits per heavy atom. The number of unbranched alkanes of at least 4 members (excludes halogenated alkanes) is 3. The van der Waals surface area contributed by atoms with Gasteiger partial charge in [0.1, 0.15) is 5.75 Å². The van der Waals surface area contributed by atoms with Crippen molar-refractivity contribution in [2.45, 2.75) is 46.1 Å². The van der Waals surface area contributed by atoms with Gasteiger partial charge in [-0.05, 0) is 63.1 Å². The van der Waals surface area contributed by atoms with Crippen molar-refractivity contribution in [1.82, 2.24) is 5.32 Å². The number of ether oxygens (including phenoxy) is 1. The lowest BCUT2D eigenvalue weighted by molar-refractivity contribution is 0.304. The smallest absolute Gasteiger partial charge is 0.119 e. The summed E-state index contributed by atoms with van der Waals surface area (Å²) in [4.78, 5) is 0. The van der Waals surface area contributed by atoms with E-state index in [2.05, 4.69) is 43.3 Å². The molecule has 0 aromatic heterocycles. The van der Waals surface area contributed by atoms with Crippen molar-refractivity contribution in [2.75, 3.05) is 13.2 Å². The summed E-state index contributed by atoms with van der Waals surface area (Å²) < 4.78 is 5.73. The number of hydrogen-bond acceptors (Lipinski definition) is 2. The van der Waals surface area contributed by atoms with Crippen LogP contribution in [0.4, 0.5) is 0 Å². The Morgan fingerprint density at radius 1 is 0.920 bits per heavy atom. The molecule has 0 aliphatic heterocycles. The van der Waals surface area contributed by atoms with Gasteiger partial charge in [0, 0.05) is 12.1 Å². The van der Waals surface area contributed by atoms with Crippen LogP contribution < -0.4 is 10.1 Å². The van der Waals surface area contributed by atoms with E-state index in [-0.39, 0.29) is 0 Å². The number of terminal acetylenes is 1. The molecular weight excluding hydrogens is 306 g/mol. The molecule has 0 bridgehead atoms. The fourth-order valence-electron chi connectivity index (χ4n) is 2.95. The molecule has 0 saturated heterocycles. The summed E-state index contributed by atoms with van der Waals surface area (Å²) in [6, 6.07) is 14.4. The standard InChI is InChI=1S/C23H29NO/c1-4-21-9-11-23(12-10-21)25-14-8-6-5-7-13-24-18-22-16-19(2)15-20(3)17-22/h1,9-12,15-17,24H,5-8,13-14,18H2,2-3H3. The van der Waals surface area contributed by atoms with Gasteiger partial charge < -0.3 is 10.1 Å². The maximum atomic E-state index is 5.73. The highest BCUT2D eigenvalue weighted by Gasteiger charge is 1.97. The Bertz CT molecular complexity index is 662. The summed E-state index contributed by atoms with van der Waals surface area (Å²) >= 11 is 0. The molecule has 25 heavy (non-hydrogen) atoms. The van der Waals surface area contributed by atoms with Crippen molar-refractivity contribution in [3.63, 3.8) is 0 Å². The van der Waals surface area contributed by atoms with Gasteiger partial charge in [-0.1, -0.05) is 48.1 Å². The van der Waals surface area contributed by atoms with E-state index >= 15 is 0 Å². The third-order valence-electron chi connectivity index (χ3n) is 4.15. The zero-order chi connectivity index (χ0) is 17.9. The monoisotopic (exact) mass is 335 g/mol. The molecule has 2 aromatic carbocycles. The SMILES string of the molecule is C#Cc1ccc(OCCCCCCNCc2cc(C)cc(C)c2)cc1. The van der Waals surface area contributed by atoms with Crippen molar-refractivity contribution in [3.8, 4) is 18.1 Å². The molecule has 0 spiro atoms. The molecular formula is C23H29NO. The first-order valence-electron chi connectivity index (χ1n) is 9.15. The van der Waals surface area contributed by atoms with Gasteiger partial charge in [-0.3, -0.25) is 0 Å². The second-order valence-electron chi connectivity index (χ2n) is 6.60. The van der Waals surface area contributed by atoms with Crippen molar-refractivity contribution < 1.29 is 4.74 Å². The van der Waals surface area contributed by atoms with Crippen LogP contribution in [0.2, 0.25) is 0 Å². The molecule has 2 aromatic rings. The van der Waals surface area contributed by atoms with Crippen LogP contribution in [0.25, 0.3) is 0 Å². The third-order valence-corrected chi connectivity index (χ3v) is 4.15. The van der Waals surface area contributed by atoms with E-state index in [1.807, 2.05) is 24.3 Å². The van der Waals surface area contributed by atoms with E-state index in [9.17, 15) is 0 Å². The average molecular weight is 335 g/mol. The molecule has 132 valence electrons. The van der Waals surface area contributed by atoms with Gasteiger partial charge in [0.05, 0.1) is 6.61 Å². The maximum absolute atomic E-state index is 5.73. The minimum Gasteiger partial charge on any atom is -0.494 e. The number of hydrogen-bond donors (Lipinski definition) is 1. The molecule has 0 radical (unpaired) electrons. The zero-order valence-corrected chi connectivity index (χ0v) is 15.5. The van der Waals surface area contributed by atoms with Crippen LogP contribution in [-0.4, -0.2) is 13.2 Å². The molecule has 0 amide bonds. The van der Waals surface area contributed by atoms with Crippen LogP contribution in [0, 0.1) is 26.2 Å². The van der Waals surface area contributed by atoms with Gasteiger partial charge in [0.15, 0.2) is 0 Å². The summed E-state index contributed by atoms with van der Waals surface area (Å²) in [5.74, 6) is 3.51. The fraction of sp³-hybridized carbons (Fsp3) is 0.391. The van der Waals surface area contributed by atoms with E-state index in [1.54, 1.807) is 0 Å². The van der Waals surface area contributed by atoms with E-state index in [0.717, 1.165) is 37.4 Å². The van der Waals surface area contributed by atoms with E-state index in [4.69, 9.17) is 11.2 Å². The molecule has 0 unspecified atom stereocenters. The number of aryl methyl sites for hydroxylation is 2. The zero-order valence-electron chi connectivity index (χ0n) is 15.5. The quantitative estimate of drug-likeness (QED) is 0.486. The van der Waals surface area contributed by atoms with E-state index in [0.29, 0.717) is 0 Å². The van der Waals surface area contributed by atoms with Crippen LogP contribution in [-0.2, 0) is 6.54 Å². The lowest BCUT2D eigenvalue weighted by Crippen LogP contribution is -2.14. The number of rotatable bonds is 10. The minimum absolute atomic E-state index is 0.769. The molecule has 0 aliphatic rings. The summed E-state index contributed by atoms with van der Waals surface area (Å²) in [5, 5.41) is 3.54. The molecule has 0 atom stereocenters. The molecule has 2 rings (SSSR count). The molecule has 1 N–H and O–H groups in total. The molecule has 0 aliphatic carbocycles. The minimum atomic E-state index is 0.769. The van der Waals surface area contributed by atoms with Gasteiger partial charge in [0.2, 0.25) is 0 Å². The van der Waals surface area contributed by atoms with Gasteiger partial charge in [-0.15, -0.1) is 6.42 Å². The van der Waals surface area contributed by atoms with Crippen molar-refractivity contribution in [1.29, 1.82) is 0 Å². The Balaban J connectivity index is 1.48. The van der Waals surface area contributed by atoms with Gasteiger partial charge in [-0.25, -0.2) is 0 Å². The summed E-state index contributed by atoms with van der Waals surface area (Å²) in [5.41, 5.74) is 4.94. The number of nitrogens with one attached hydrogen (secondary N) is 1. The highest BCUT2D eigenvalue weighted by Crippen LogP contribution is 2.12. The van der Waals surface area contributed by atoms with Gasteiger partial charge in [-0.2, -0.15) is 0 Å². The first-order chi connectivity index (χ1) is 12.2. The average Bonchev–Trinajstić information content (AvgIpc) is 2.60. The summed E-state index contributed by atoms with van der Waals surface area (Å²) in [6.45, 7) is 7.11. The lowest BCUT2D eigenvalue weighted by Gasteiger charge is -2.08. The predicted octanol–water partition coefficient (Wildman–Crippen LogP) is 5.01. The molecule has 0 heterocycles. The highest BCUT2D eigenvalue weighted by molar-refractivity contribution is 5.36. The lowest BCUT2D eigenvalue weighted by atomic mass is 10.1. The highest BCUT2D eigenvalue weighted by atomic mass is 16.5. The maximum Gasteiger partial charge on any atom is 0.119 e. The van der Waals surface area contributed by atoms with E-state index in [1.165, 1.54) is 36.0 Å². The molecule has 2 nitrogen and oxygen atoms in total. The van der Waals surface area contributed by atoms with E-state index < -0.39 is 0 Å². The van der Waals surface area contributed by atoms with Gasteiger partial charge >= 0.3 is 0 Å². The van der Waals surface area contributed by atoms with Crippen LogP contribution in [0.3, 0.4) is 0 Å². The van der Waals surface area contributed by atoms with Crippen LogP contribution >= 0.6 is 0 Å². The van der Waals surface area contributed by atoms with Crippen LogP contribution in [0.15, 0.2) is 42.5 Å². The second kappa shape index (κ2) is 10.6.